The molecule has 0 bridgehead atoms. The largest absolute Gasteiger partial charge is 0.394 e. The molecule has 1 aromatic rings. The van der Waals surface area contributed by atoms with E-state index < -0.39 is 115 Å². The Balaban J connectivity index is 1.39. The molecule has 3 heterocycles. The van der Waals surface area contributed by atoms with Crippen molar-refractivity contribution in [1.82, 2.24) is 46.6 Å². The molecule has 3 saturated heterocycles. The van der Waals surface area contributed by atoms with Crippen LogP contribution in [-0.2, 0) is 49.6 Å². The number of carbonyl (C=O) groups excluding carboxylic acids is 9. The number of unbranched alkanes of at least 4 members (excludes halogenated alkanes) is 1. The highest BCUT2D eigenvalue weighted by Gasteiger charge is 2.44. The maximum Gasteiger partial charge on any atom is 0.248 e. The Morgan fingerprint density at radius 1 is 0.714 bits per heavy atom. The van der Waals surface area contributed by atoms with Crippen LogP contribution in [0.5, 0.6) is 0 Å². The van der Waals surface area contributed by atoms with Gasteiger partial charge in [0.2, 0.25) is 47.3 Å². The maximum atomic E-state index is 14.2. The Morgan fingerprint density at radius 3 is 1.93 bits per heavy atom. The molecule has 0 aliphatic carbocycles. The van der Waals surface area contributed by atoms with Crippen LogP contribution in [-0.4, -0.2) is 174 Å². The summed E-state index contributed by atoms with van der Waals surface area (Å²) in [5, 5.41) is 26.4. The molecule has 23 heteroatoms. The van der Waals surface area contributed by atoms with Gasteiger partial charge in [-0.3, -0.25) is 43.7 Å². The Bertz CT molecular complexity index is 1930. The highest BCUT2D eigenvalue weighted by molar-refractivity contribution is 5.98. The molecule has 3 aliphatic heterocycles. The van der Waals surface area contributed by atoms with E-state index >= 15 is 0 Å². The fourth-order valence-corrected chi connectivity index (χ4v) is 9.22. The van der Waals surface area contributed by atoms with Gasteiger partial charge >= 0.3 is 0 Å². The van der Waals surface area contributed by atoms with Gasteiger partial charge in [-0.15, -0.1) is 0 Å². The summed E-state index contributed by atoms with van der Waals surface area (Å²) in [4.78, 5) is 125. The predicted octanol–water partition coefficient (Wildman–Crippen LogP) is -3.48. The number of carbonyl (C=O) groups is 9. The highest BCUT2D eigenvalue weighted by atomic mass is 16.3. The fourth-order valence-electron chi connectivity index (χ4n) is 9.22. The minimum atomic E-state index is -1.47. The van der Waals surface area contributed by atoms with Gasteiger partial charge in [0.25, 0.3) is 0 Å². The number of benzene rings is 1. The van der Waals surface area contributed by atoms with Crippen LogP contribution in [0, 0.1) is 5.92 Å². The maximum absolute atomic E-state index is 14.2. The molecule has 4 rings (SSSR count). The van der Waals surface area contributed by atoms with Crippen LogP contribution in [0.3, 0.4) is 0 Å². The van der Waals surface area contributed by atoms with E-state index in [-0.39, 0.29) is 38.4 Å². The molecule has 1 aromatic carbocycles. The number of nitrogens with zero attached hydrogens (tertiary/aromatic N) is 3. The van der Waals surface area contributed by atoms with Crippen LogP contribution in [0.15, 0.2) is 30.3 Å². The second-order valence-corrected chi connectivity index (χ2v) is 18.8. The molecule has 8 atom stereocenters. The second-order valence-electron chi connectivity index (χ2n) is 18.8. The van der Waals surface area contributed by atoms with Crippen molar-refractivity contribution < 1.29 is 48.3 Å². The van der Waals surface area contributed by atoms with Crippen molar-refractivity contribution in [1.29, 1.82) is 0 Å². The third-order valence-corrected chi connectivity index (χ3v) is 12.8. The van der Waals surface area contributed by atoms with Crippen LogP contribution in [0.25, 0.3) is 0 Å². The first-order chi connectivity index (χ1) is 33.5. The minimum absolute atomic E-state index is 0.0250. The molecule has 0 radical (unpaired) electrons. The van der Waals surface area contributed by atoms with Gasteiger partial charge in [0.1, 0.15) is 48.8 Å². The van der Waals surface area contributed by atoms with E-state index in [9.17, 15) is 48.3 Å². The standard InChI is InChI=1S/C47H77N13O10/c1-29(2)24-31(27-61)54-43(67)37-17-10-21-58(37)45(69)35(28-62)57-41(65)34(25-30-12-4-3-5-13-30)55-39(63)26-53-42(66)36-16-9-22-59(36)46(70)38-18-11-23-60(38)44(68)33(15-8-20-52-47(50)51)56-40(64)32(49)14-6-7-19-48/h3-5,12-13,27,29,31-38,47,52,62H,6-11,14-26,28,48-51H2,1-2H3,(H,53,66)(H,54,67)(H,55,63)(H,56,64)(H,57,65)/t31-,32-,33-,34-,35-,36-,37-,38-/m0/s1. The van der Waals surface area contributed by atoms with Crippen molar-refractivity contribution in [3.05, 3.63) is 35.9 Å². The number of aliphatic hydroxyl groups is 1. The number of likely N-dealkylation sites (tertiary alicyclic amines) is 3. The number of aldehydes is 1. The number of aliphatic hydroxyl groups excluding tert-OH is 1. The van der Waals surface area contributed by atoms with Gasteiger partial charge in [-0.05, 0) is 95.2 Å². The van der Waals surface area contributed by atoms with Gasteiger partial charge in [-0.25, -0.2) is 0 Å². The van der Waals surface area contributed by atoms with E-state index in [0.717, 1.165) is 0 Å². The van der Waals surface area contributed by atoms with Gasteiger partial charge in [0, 0.05) is 26.1 Å². The average Bonchev–Trinajstić information content (AvgIpc) is 4.15. The first-order valence-electron chi connectivity index (χ1n) is 24.7. The summed E-state index contributed by atoms with van der Waals surface area (Å²) in [5.74, 6) is -4.65. The molecular weight excluding hydrogens is 907 g/mol. The van der Waals surface area contributed by atoms with Gasteiger partial charge in [0.15, 0.2) is 0 Å². The molecule has 0 spiro atoms. The summed E-state index contributed by atoms with van der Waals surface area (Å²) in [5.41, 5.74) is 23.6. The lowest BCUT2D eigenvalue weighted by Crippen LogP contribution is -2.59. The lowest BCUT2D eigenvalue weighted by Gasteiger charge is -2.33. The van der Waals surface area contributed by atoms with Crippen molar-refractivity contribution in [2.24, 2.45) is 28.9 Å². The Labute approximate surface area is 410 Å². The molecule has 390 valence electrons. The number of amides is 8. The van der Waals surface area contributed by atoms with Crippen molar-refractivity contribution in [2.75, 3.05) is 45.9 Å². The van der Waals surface area contributed by atoms with Crippen LogP contribution in [0.1, 0.15) is 96.5 Å². The number of nitrogens with one attached hydrogen (secondary N) is 6. The third-order valence-electron chi connectivity index (χ3n) is 12.8. The monoisotopic (exact) mass is 984 g/mol. The van der Waals surface area contributed by atoms with Gasteiger partial charge in [-0.1, -0.05) is 50.6 Å². The summed E-state index contributed by atoms with van der Waals surface area (Å²) in [6.45, 7) is 3.92. The number of nitrogens with two attached hydrogens (primary N) is 4. The topological polar surface area (TPSA) is 360 Å². The van der Waals surface area contributed by atoms with Crippen LogP contribution in [0.2, 0.25) is 0 Å². The average molecular weight is 984 g/mol. The summed E-state index contributed by atoms with van der Waals surface area (Å²) >= 11 is 0. The molecule has 0 aromatic heterocycles. The lowest BCUT2D eigenvalue weighted by atomic mass is 10.0. The molecular formula is C47H77N13O10. The second kappa shape index (κ2) is 28.9. The zero-order valence-corrected chi connectivity index (χ0v) is 40.7. The normalized spacial score (nSPS) is 20.1. The van der Waals surface area contributed by atoms with E-state index in [0.29, 0.717) is 95.6 Å². The van der Waals surface area contributed by atoms with E-state index in [2.05, 4.69) is 31.9 Å². The van der Waals surface area contributed by atoms with Crippen molar-refractivity contribution in [3.8, 4) is 0 Å². The van der Waals surface area contributed by atoms with Crippen LogP contribution in [0.4, 0.5) is 0 Å². The molecule has 23 nitrogen and oxygen atoms in total. The zero-order chi connectivity index (χ0) is 51.3. The Hall–Kier alpha value is -5.59. The third kappa shape index (κ3) is 17.1. The van der Waals surface area contributed by atoms with Gasteiger partial charge in [0.05, 0.1) is 25.2 Å². The molecule has 3 aliphatic rings. The molecule has 0 unspecified atom stereocenters. The molecule has 8 amide bonds. The van der Waals surface area contributed by atoms with E-state index in [4.69, 9.17) is 22.9 Å². The summed E-state index contributed by atoms with van der Waals surface area (Å²) in [6, 6.07) is 0.615. The van der Waals surface area contributed by atoms with Crippen LogP contribution < -0.4 is 54.8 Å². The number of hydrogen-bond donors (Lipinski definition) is 11. The predicted molar refractivity (Wildman–Crippen MR) is 258 cm³/mol. The van der Waals surface area contributed by atoms with E-state index in [1.165, 1.54) is 14.7 Å². The fraction of sp³-hybridized carbons (Fsp3) is 0.681. The molecule has 15 N–H and O–H groups in total. The van der Waals surface area contributed by atoms with E-state index in [1.54, 1.807) is 30.3 Å². The number of hydrogen-bond acceptors (Lipinski definition) is 15. The first-order valence-corrected chi connectivity index (χ1v) is 24.7. The van der Waals surface area contributed by atoms with Crippen molar-refractivity contribution in [2.45, 2.75) is 152 Å². The van der Waals surface area contributed by atoms with Crippen molar-refractivity contribution in [3.63, 3.8) is 0 Å². The summed E-state index contributed by atoms with van der Waals surface area (Å²) in [7, 11) is 0. The quantitative estimate of drug-likeness (QED) is 0.0221. The van der Waals surface area contributed by atoms with Gasteiger partial charge in [-0.2, -0.15) is 0 Å². The smallest absolute Gasteiger partial charge is 0.248 e. The number of rotatable bonds is 28. The highest BCUT2D eigenvalue weighted by Crippen LogP contribution is 2.26. The molecule has 0 saturated carbocycles. The Kier molecular flexibility index (Phi) is 23.5. The molecule has 70 heavy (non-hydrogen) atoms. The zero-order valence-electron chi connectivity index (χ0n) is 40.7. The SMILES string of the molecule is CC(C)C[C@@H](C=O)NC(=O)[C@@H]1CCCN1C(=O)[C@H](CO)NC(=O)[C@H](Cc1ccccc1)NC(=O)CNC(=O)[C@@H]1CCCN1C(=O)[C@@H]1CCCN1C(=O)[C@H](CCCNC(N)N)NC(=O)[C@@H](N)CCCCN. The minimum Gasteiger partial charge on any atom is -0.394 e. The molecule has 3 fully saturated rings. The lowest BCUT2D eigenvalue weighted by molar-refractivity contribution is -0.148. The van der Waals surface area contributed by atoms with Crippen molar-refractivity contribution >= 4 is 53.5 Å². The Morgan fingerprint density at radius 2 is 1.31 bits per heavy atom. The summed E-state index contributed by atoms with van der Waals surface area (Å²) in [6.07, 6.45) is 5.03. The summed E-state index contributed by atoms with van der Waals surface area (Å²) < 4.78 is 0. The van der Waals surface area contributed by atoms with E-state index in [1.807, 2.05) is 13.8 Å². The first kappa shape index (κ1) is 57.0. The van der Waals surface area contributed by atoms with Crippen LogP contribution >= 0.6 is 0 Å². The van der Waals surface area contributed by atoms with Gasteiger partial charge < -0.3 is 74.1 Å².